The van der Waals surface area contributed by atoms with E-state index in [0.29, 0.717) is 16.2 Å². The van der Waals surface area contributed by atoms with Gasteiger partial charge < -0.3 is 4.74 Å². The molecule has 2 aromatic rings. The Labute approximate surface area is 134 Å². The topological polar surface area (TPSA) is 26.3 Å². The van der Waals surface area contributed by atoms with Crippen molar-refractivity contribution < 1.29 is 9.53 Å². The second-order valence-corrected chi connectivity index (χ2v) is 6.79. The maximum absolute atomic E-state index is 12.3. The number of benzene rings is 1. The van der Waals surface area contributed by atoms with E-state index in [4.69, 9.17) is 4.74 Å². The van der Waals surface area contributed by atoms with Crippen molar-refractivity contribution in [3.8, 4) is 5.75 Å². The molecule has 1 aromatic carbocycles. The first kappa shape index (κ1) is 14.2. The van der Waals surface area contributed by atoms with Gasteiger partial charge in [0, 0.05) is 15.4 Å². The van der Waals surface area contributed by atoms with Gasteiger partial charge in [-0.1, -0.05) is 0 Å². The fourth-order valence-corrected chi connectivity index (χ4v) is 4.07. The van der Waals surface area contributed by atoms with Gasteiger partial charge in [0.1, 0.15) is 5.75 Å². The highest BCUT2D eigenvalue weighted by Crippen LogP contribution is 2.35. The summed E-state index contributed by atoms with van der Waals surface area (Å²) in [4.78, 5) is 13.0. The largest absolute Gasteiger partial charge is 0.496 e. The summed E-state index contributed by atoms with van der Waals surface area (Å²) in [5.41, 5.74) is 0.623. The lowest BCUT2D eigenvalue weighted by Gasteiger charge is -2.05. The number of hydrogen-bond donors (Lipinski definition) is 0. The molecule has 18 heavy (non-hydrogen) atoms. The summed E-state index contributed by atoms with van der Waals surface area (Å²) >= 11 is 11.6. The predicted molar refractivity (Wildman–Crippen MR) is 83.8 cm³/mol. The number of thiophene rings is 1. The smallest absolute Gasteiger partial charge is 0.204 e. The molecule has 0 atom stereocenters. The van der Waals surface area contributed by atoms with Crippen LogP contribution in [0.15, 0.2) is 37.0 Å². The van der Waals surface area contributed by atoms with Crippen LogP contribution in [-0.4, -0.2) is 12.9 Å². The molecule has 6 heteroatoms. The lowest BCUT2D eigenvalue weighted by molar-refractivity contribution is 0.104. The maximum atomic E-state index is 12.3. The van der Waals surface area contributed by atoms with Gasteiger partial charge in [0.05, 0.1) is 20.9 Å². The Morgan fingerprint density at radius 3 is 2.44 bits per heavy atom. The van der Waals surface area contributed by atoms with Crippen molar-refractivity contribution in [1.82, 2.24) is 0 Å². The van der Waals surface area contributed by atoms with Gasteiger partial charge in [0.15, 0.2) is 0 Å². The third-order valence-corrected chi connectivity index (χ3v) is 6.45. The van der Waals surface area contributed by atoms with Crippen LogP contribution in [0.5, 0.6) is 5.75 Å². The van der Waals surface area contributed by atoms with E-state index >= 15 is 0 Å². The highest BCUT2D eigenvalue weighted by atomic mass is 79.9. The Morgan fingerprint density at radius 2 is 1.94 bits per heavy atom. The second-order valence-electron chi connectivity index (χ2n) is 3.41. The zero-order valence-corrected chi connectivity index (χ0v) is 14.7. The second kappa shape index (κ2) is 5.86. The first-order chi connectivity index (χ1) is 8.54. The predicted octanol–water partition coefficient (Wildman–Crippen LogP) is 5.28. The fourth-order valence-electron chi connectivity index (χ4n) is 1.41. The number of rotatable bonds is 3. The highest BCUT2D eigenvalue weighted by molar-refractivity contribution is 9.13. The van der Waals surface area contributed by atoms with Gasteiger partial charge in [0.25, 0.3) is 0 Å². The Bertz CT molecular complexity index is 607. The molecule has 0 fully saturated rings. The quantitative estimate of drug-likeness (QED) is 0.590. The molecule has 0 unspecified atom stereocenters. The van der Waals surface area contributed by atoms with Gasteiger partial charge in [-0.25, -0.2) is 0 Å². The van der Waals surface area contributed by atoms with Crippen molar-refractivity contribution in [2.75, 3.05) is 7.11 Å². The summed E-state index contributed by atoms with van der Waals surface area (Å²) in [6, 6.07) is 5.29. The van der Waals surface area contributed by atoms with Crippen molar-refractivity contribution in [3.05, 3.63) is 47.4 Å². The molecule has 0 saturated carbocycles. The lowest BCUT2D eigenvalue weighted by Crippen LogP contribution is -2.00. The molecule has 0 aliphatic carbocycles. The molecule has 0 radical (unpaired) electrons. The monoisotopic (exact) mass is 452 g/mol. The van der Waals surface area contributed by atoms with Gasteiger partial charge in [-0.15, -0.1) is 11.3 Å². The highest BCUT2D eigenvalue weighted by Gasteiger charge is 2.17. The van der Waals surface area contributed by atoms with Gasteiger partial charge >= 0.3 is 0 Å². The number of carbonyl (C=O) groups is 1. The number of ether oxygens (including phenoxy) is 1. The van der Waals surface area contributed by atoms with E-state index in [1.54, 1.807) is 25.3 Å². The molecule has 2 nitrogen and oxygen atoms in total. The van der Waals surface area contributed by atoms with Gasteiger partial charge in [0.2, 0.25) is 5.78 Å². The maximum Gasteiger partial charge on any atom is 0.204 e. The average Bonchev–Trinajstić information content (AvgIpc) is 2.69. The van der Waals surface area contributed by atoms with Crippen molar-refractivity contribution in [2.45, 2.75) is 0 Å². The molecule has 0 saturated heterocycles. The molecule has 0 aliphatic rings. The minimum atomic E-state index is -0.0130. The molecular formula is C12H7Br3O2S. The van der Waals surface area contributed by atoms with E-state index in [-0.39, 0.29) is 5.78 Å². The van der Waals surface area contributed by atoms with Crippen LogP contribution >= 0.6 is 59.1 Å². The molecule has 0 aliphatic heterocycles. The molecule has 0 N–H and O–H groups in total. The van der Waals surface area contributed by atoms with Crippen LogP contribution < -0.4 is 4.74 Å². The van der Waals surface area contributed by atoms with E-state index in [1.807, 2.05) is 5.38 Å². The van der Waals surface area contributed by atoms with Crippen LogP contribution in [0.1, 0.15) is 15.2 Å². The third-order valence-electron chi connectivity index (χ3n) is 2.31. The van der Waals surface area contributed by atoms with Gasteiger partial charge in [-0.3, -0.25) is 4.79 Å². The molecule has 0 bridgehead atoms. The summed E-state index contributed by atoms with van der Waals surface area (Å²) in [5.74, 6) is 0.693. The number of ketones is 1. The summed E-state index contributed by atoms with van der Waals surface area (Å²) in [6.45, 7) is 0. The molecule has 1 aromatic heterocycles. The van der Waals surface area contributed by atoms with Crippen molar-refractivity contribution in [3.63, 3.8) is 0 Å². The van der Waals surface area contributed by atoms with Crippen LogP contribution in [0, 0.1) is 0 Å². The lowest BCUT2D eigenvalue weighted by atomic mass is 10.1. The molecular weight excluding hydrogens is 448 g/mol. The van der Waals surface area contributed by atoms with Crippen LogP contribution in [0.3, 0.4) is 0 Å². The fraction of sp³-hybridized carbons (Fsp3) is 0.0833. The van der Waals surface area contributed by atoms with Crippen molar-refractivity contribution >= 4 is 64.9 Å². The van der Waals surface area contributed by atoms with E-state index < -0.39 is 0 Å². The van der Waals surface area contributed by atoms with E-state index in [0.717, 1.165) is 13.4 Å². The minimum Gasteiger partial charge on any atom is -0.496 e. The summed E-state index contributed by atoms with van der Waals surface area (Å²) < 4.78 is 7.60. The van der Waals surface area contributed by atoms with Crippen LogP contribution in [-0.2, 0) is 0 Å². The number of halogens is 3. The summed E-state index contributed by atoms with van der Waals surface area (Å²) in [5, 5.41) is 1.88. The Hall–Kier alpha value is -0.170. The Morgan fingerprint density at radius 1 is 1.22 bits per heavy atom. The van der Waals surface area contributed by atoms with Gasteiger partial charge in [-0.2, -0.15) is 0 Å². The first-order valence-electron chi connectivity index (χ1n) is 4.85. The molecule has 0 spiro atoms. The zero-order chi connectivity index (χ0) is 13.3. The SMILES string of the molecule is COc1ccc(C(=O)c2scc(Br)c2Br)cc1Br. The Kier molecular flexibility index (Phi) is 4.64. The Balaban J connectivity index is 2.40. The van der Waals surface area contributed by atoms with E-state index in [2.05, 4.69) is 47.8 Å². The average molecular weight is 455 g/mol. The van der Waals surface area contributed by atoms with Crippen LogP contribution in [0.4, 0.5) is 0 Å². The van der Waals surface area contributed by atoms with Crippen LogP contribution in [0.2, 0.25) is 0 Å². The van der Waals surface area contributed by atoms with E-state index in [1.165, 1.54) is 11.3 Å². The number of hydrogen-bond acceptors (Lipinski definition) is 3. The standard InChI is InChI=1S/C12H7Br3O2S/c1-17-9-3-2-6(4-7(9)13)11(16)12-10(15)8(14)5-18-12/h2-5H,1H3. The van der Waals surface area contributed by atoms with Crippen molar-refractivity contribution in [1.29, 1.82) is 0 Å². The van der Waals surface area contributed by atoms with Crippen LogP contribution in [0.25, 0.3) is 0 Å². The molecule has 0 amide bonds. The van der Waals surface area contributed by atoms with Crippen molar-refractivity contribution in [2.24, 2.45) is 0 Å². The zero-order valence-electron chi connectivity index (χ0n) is 9.17. The molecule has 1 heterocycles. The third kappa shape index (κ3) is 2.71. The summed E-state index contributed by atoms with van der Waals surface area (Å²) in [7, 11) is 1.59. The number of carbonyl (C=O) groups excluding carboxylic acids is 1. The molecule has 2 rings (SSSR count). The van der Waals surface area contributed by atoms with Gasteiger partial charge in [-0.05, 0) is 66.0 Å². The van der Waals surface area contributed by atoms with E-state index in [9.17, 15) is 4.79 Å². The number of methoxy groups -OCH3 is 1. The minimum absolute atomic E-state index is 0.0130. The molecule has 94 valence electrons. The summed E-state index contributed by atoms with van der Waals surface area (Å²) in [6.07, 6.45) is 0. The normalized spacial score (nSPS) is 10.4. The first-order valence-corrected chi connectivity index (χ1v) is 8.11.